The third-order valence-electron chi connectivity index (χ3n) is 1.75. The second-order valence-electron chi connectivity index (χ2n) is 2.62. The van der Waals surface area contributed by atoms with Gasteiger partial charge in [0.15, 0.2) is 0 Å². The molecule has 0 aliphatic rings. The number of carboxylic acid groups (broad SMARTS) is 1. The fourth-order valence-corrected chi connectivity index (χ4v) is 1.37. The fourth-order valence-electron chi connectivity index (χ4n) is 1.10. The van der Waals surface area contributed by atoms with Gasteiger partial charge in [-0.05, 0) is 0 Å². The highest BCUT2D eigenvalue weighted by Crippen LogP contribution is 2.29. The molecule has 2 N–H and O–H groups in total. The van der Waals surface area contributed by atoms with Crippen molar-refractivity contribution < 1.29 is 23.8 Å². The number of hydrogen-bond donors (Lipinski definition) is 2. The topological polar surface area (TPSA) is 70.4 Å². The third kappa shape index (κ3) is 2.15. The van der Waals surface area contributed by atoms with Crippen molar-refractivity contribution in [2.24, 2.45) is 0 Å². The zero-order valence-corrected chi connectivity index (χ0v) is 8.00. The second kappa shape index (κ2) is 4.39. The Bertz CT molecular complexity index is 398. The maximum Gasteiger partial charge on any atom is 0.338 e. The Kier molecular flexibility index (Phi) is 3.41. The van der Waals surface area contributed by atoms with Gasteiger partial charge in [-0.15, -0.1) is 11.6 Å². The standard InChI is InChI=1S/C8H6ClF2NO3/c9-1-3-4(13)2-12-6(7(10)11)5(3)8(14)15/h2,7,13H,1H2,(H,14,15). The molecule has 0 bridgehead atoms. The van der Waals surface area contributed by atoms with Crippen molar-refractivity contribution in [2.75, 3.05) is 0 Å². The Labute approximate surface area is 88.1 Å². The molecule has 0 aliphatic carbocycles. The minimum absolute atomic E-state index is 0.255. The molecule has 4 nitrogen and oxygen atoms in total. The van der Waals surface area contributed by atoms with Crippen molar-refractivity contribution in [2.45, 2.75) is 12.3 Å². The van der Waals surface area contributed by atoms with Gasteiger partial charge in [0.1, 0.15) is 11.4 Å². The van der Waals surface area contributed by atoms with E-state index in [1.54, 1.807) is 0 Å². The van der Waals surface area contributed by atoms with E-state index < -0.39 is 29.4 Å². The predicted molar refractivity (Wildman–Crippen MR) is 47.4 cm³/mol. The number of carbonyl (C=O) groups is 1. The van der Waals surface area contributed by atoms with E-state index in [-0.39, 0.29) is 11.4 Å². The molecule has 0 saturated carbocycles. The van der Waals surface area contributed by atoms with Gasteiger partial charge in [0.25, 0.3) is 6.43 Å². The first kappa shape index (κ1) is 11.6. The summed E-state index contributed by atoms with van der Waals surface area (Å²) in [6.45, 7) is 0. The first-order chi connectivity index (χ1) is 6.99. The van der Waals surface area contributed by atoms with E-state index in [0.29, 0.717) is 0 Å². The molecule has 0 aromatic carbocycles. The highest BCUT2D eigenvalue weighted by atomic mass is 35.5. The summed E-state index contributed by atoms with van der Waals surface area (Å²) in [5.74, 6) is -2.48. The first-order valence-electron chi connectivity index (χ1n) is 3.77. The molecule has 1 aromatic heterocycles. The van der Waals surface area contributed by atoms with Crippen LogP contribution in [-0.4, -0.2) is 21.2 Å². The summed E-state index contributed by atoms with van der Waals surface area (Å²) in [6, 6.07) is 0. The normalized spacial score (nSPS) is 10.7. The Hall–Kier alpha value is -1.43. The van der Waals surface area contributed by atoms with E-state index in [0.717, 1.165) is 6.20 Å². The molecular formula is C8H6ClF2NO3. The second-order valence-corrected chi connectivity index (χ2v) is 2.89. The predicted octanol–water partition coefficient (Wildman–Crippen LogP) is 2.16. The minimum Gasteiger partial charge on any atom is -0.506 e. The average Bonchev–Trinajstić information content (AvgIpc) is 2.16. The smallest absolute Gasteiger partial charge is 0.338 e. The molecule has 0 aliphatic heterocycles. The maximum absolute atomic E-state index is 12.4. The summed E-state index contributed by atoms with van der Waals surface area (Å²) in [7, 11) is 0. The van der Waals surface area contributed by atoms with Crippen LogP contribution in [0.4, 0.5) is 8.78 Å². The number of rotatable bonds is 3. The summed E-state index contributed by atoms with van der Waals surface area (Å²) in [4.78, 5) is 13.9. The number of aromatic carboxylic acids is 1. The highest BCUT2D eigenvalue weighted by molar-refractivity contribution is 6.18. The Morgan fingerprint density at radius 2 is 2.20 bits per heavy atom. The van der Waals surface area contributed by atoms with Crippen LogP contribution in [0.25, 0.3) is 0 Å². The lowest BCUT2D eigenvalue weighted by atomic mass is 10.1. The number of nitrogens with zero attached hydrogens (tertiary/aromatic N) is 1. The molecule has 0 amide bonds. The van der Waals surface area contributed by atoms with Crippen molar-refractivity contribution >= 4 is 17.6 Å². The van der Waals surface area contributed by atoms with Crippen molar-refractivity contribution in [1.29, 1.82) is 0 Å². The van der Waals surface area contributed by atoms with Crippen molar-refractivity contribution in [3.05, 3.63) is 23.0 Å². The van der Waals surface area contributed by atoms with Gasteiger partial charge in [-0.25, -0.2) is 13.6 Å². The van der Waals surface area contributed by atoms with Crippen LogP contribution in [0.5, 0.6) is 5.75 Å². The SMILES string of the molecule is O=C(O)c1c(C(F)F)ncc(O)c1CCl. The highest BCUT2D eigenvalue weighted by Gasteiger charge is 2.25. The summed E-state index contributed by atoms with van der Waals surface area (Å²) in [5, 5.41) is 17.9. The van der Waals surface area contributed by atoms with Gasteiger partial charge in [-0.2, -0.15) is 0 Å². The lowest BCUT2D eigenvalue weighted by Gasteiger charge is -2.09. The molecule has 0 radical (unpaired) electrons. The zero-order valence-electron chi connectivity index (χ0n) is 7.25. The number of pyridine rings is 1. The monoisotopic (exact) mass is 237 g/mol. The molecule has 0 fully saturated rings. The van der Waals surface area contributed by atoms with E-state index in [1.165, 1.54) is 0 Å². The maximum atomic E-state index is 12.4. The number of aromatic nitrogens is 1. The lowest BCUT2D eigenvalue weighted by molar-refractivity contribution is 0.0680. The van der Waals surface area contributed by atoms with Crippen LogP contribution in [0.2, 0.25) is 0 Å². The van der Waals surface area contributed by atoms with Crippen LogP contribution in [-0.2, 0) is 5.88 Å². The van der Waals surface area contributed by atoms with Gasteiger partial charge in [0, 0.05) is 5.56 Å². The summed E-state index contributed by atoms with van der Waals surface area (Å²) >= 11 is 5.36. The first-order valence-corrected chi connectivity index (χ1v) is 4.30. The van der Waals surface area contributed by atoms with E-state index in [4.69, 9.17) is 16.7 Å². The van der Waals surface area contributed by atoms with Crippen LogP contribution < -0.4 is 0 Å². The fraction of sp³-hybridized carbons (Fsp3) is 0.250. The molecule has 15 heavy (non-hydrogen) atoms. The number of aromatic hydroxyl groups is 1. The average molecular weight is 238 g/mol. The van der Waals surface area contributed by atoms with E-state index in [2.05, 4.69) is 4.98 Å². The molecular weight excluding hydrogens is 232 g/mol. The third-order valence-corrected chi connectivity index (χ3v) is 2.01. The number of carboxylic acids is 1. The van der Waals surface area contributed by atoms with Gasteiger partial charge >= 0.3 is 5.97 Å². The Balaban J connectivity index is 3.49. The van der Waals surface area contributed by atoms with E-state index in [9.17, 15) is 18.7 Å². The minimum atomic E-state index is -3.03. The summed E-state index contributed by atoms with van der Waals surface area (Å²) < 4.78 is 24.8. The Morgan fingerprint density at radius 3 is 2.60 bits per heavy atom. The molecule has 82 valence electrons. The Morgan fingerprint density at radius 1 is 1.60 bits per heavy atom. The van der Waals surface area contributed by atoms with Crippen molar-refractivity contribution in [1.82, 2.24) is 4.98 Å². The van der Waals surface area contributed by atoms with Gasteiger partial charge in [0.2, 0.25) is 0 Å². The molecule has 1 rings (SSSR count). The van der Waals surface area contributed by atoms with Crippen LogP contribution in [0.3, 0.4) is 0 Å². The van der Waals surface area contributed by atoms with E-state index in [1.807, 2.05) is 0 Å². The molecule has 1 heterocycles. The molecule has 0 saturated heterocycles. The molecule has 0 atom stereocenters. The molecule has 0 spiro atoms. The zero-order chi connectivity index (χ0) is 11.6. The molecule has 1 aromatic rings. The summed E-state index contributed by atoms with van der Waals surface area (Å²) in [5.41, 5.74) is -1.88. The van der Waals surface area contributed by atoms with Crippen LogP contribution in [0.15, 0.2) is 6.20 Å². The summed E-state index contributed by atoms with van der Waals surface area (Å²) in [6.07, 6.45) is -2.27. The van der Waals surface area contributed by atoms with Gasteiger partial charge < -0.3 is 10.2 Å². The molecule has 7 heteroatoms. The van der Waals surface area contributed by atoms with E-state index >= 15 is 0 Å². The van der Waals surface area contributed by atoms with Gasteiger partial charge in [-0.3, -0.25) is 4.98 Å². The number of hydrogen-bond acceptors (Lipinski definition) is 3. The number of alkyl halides is 3. The van der Waals surface area contributed by atoms with Crippen LogP contribution >= 0.6 is 11.6 Å². The lowest BCUT2D eigenvalue weighted by Crippen LogP contribution is -2.09. The van der Waals surface area contributed by atoms with Crippen LogP contribution in [0, 0.1) is 0 Å². The number of halogens is 3. The largest absolute Gasteiger partial charge is 0.506 e. The van der Waals surface area contributed by atoms with Crippen molar-refractivity contribution in [3.63, 3.8) is 0 Å². The van der Waals surface area contributed by atoms with Gasteiger partial charge in [0.05, 0.1) is 17.6 Å². The van der Waals surface area contributed by atoms with Gasteiger partial charge in [-0.1, -0.05) is 0 Å². The van der Waals surface area contributed by atoms with Crippen molar-refractivity contribution in [3.8, 4) is 5.75 Å². The quantitative estimate of drug-likeness (QED) is 0.791. The van der Waals surface area contributed by atoms with Crippen LogP contribution in [0.1, 0.15) is 28.0 Å². The molecule has 0 unspecified atom stereocenters.